The fraction of sp³-hybridized carbons (Fsp3) is 0.357. The highest BCUT2D eigenvalue weighted by Crippen LogP contribution is 2.26. The fourth-order valence-corrected chi connectivity index (χ4v) is 3.83. The summed E-state index contributed by atoms with van der Waals surface area (Å²) in [6.07, 6.45) is 1.12. The van der Waals surface area contributed by atoms with E-state index in [1.807, 2.05) is 37.3 Å². The van der Waals surface area contributed by atoms with Crippen molar-refractivity contribution in [2.24, 2.45) is 7.05 Å². The summed E-state index contributed by atoms with van der Waals surface area (Å²) >= 11 is 0. The lowest BCUT2D eigenvalue weighted by Gasteiger charge is -2.21. The van der Waals surface area contributed by atoms with E-state index in [2.05, 4.69) is 4.98 Å². The van der Waals surface area contributed by atoms with Crippen LogP contribution in [0.15, 0.2) is 41.7 Å². The molecule has 0 N–H and O–H groups in total. The standard InChI is InChI=1S/C14H18N4O4S/c1-11(12-7-5-4-6-8-12)9-17(3)23(21,22)14-13(18(19)20)15-10-16(14)2/h4-8,10-11H,9H2,1-3H3. The second-order valence-corrected chi connectivity index (χ2v) is 7.30. The van der Waals surface area contributed by atoms with Gasteiger partial charge in [0.2, 0.25) is 6.33 Å². The van der Waals surface area contributed by atoms with Crippen LogP contribution in [0.2, 0.25) is 0 Å². The molecule has 0 spiro atoms. The molecule has 1 aromatic carbocycles. The number of sulfonamides is 1. The second kappa shape index (κ2) is 6.47. The first-order valence-electron chi connectivity index (χ1n) is 6.92. The first kappa shape index (κ1) is 17.1. The topological polar surface area (TPSA) is 98.3 Å². The first-order chi connectivity index (χ1) is 10.7. The van der Waals surface area contributed by atoms with Crippen molar-refractivity contribution in [2.75, 3.05) is 13.6 Å². The molecule has 0 saturated heterocycles. The molecule has 1 aromatic heterocycles. The van der Waals surface area contributed by atoms with Crippen LogP contribution in [-0.2, 0) is 17.1 Å². The molecule has 0 aliphatic rings. The van der Waals surface area contributed by atoms with E-state index in [0.717, 1.165) is 20.8 Å². The van der Waals surface area contributed by atoms with Crippen LogP contribution < -0.4 is 0 Å². The molecular formula is C14H18N4O4S. The van der Waals surface area contributed by atoms with Crippen molar-refractivity contribution in [2.45, 2.75) is 17.9 Å². The average Bonchev–Trinajstić information content (AvgIpc) is 2.90. The highest BCUT2D eigenvalue weighted by molar-refractivity contribution is 7.89. The molecule has 0 aliphatic heterocycles. The van der Waals surface area contributed by atoms with Gasteiger partial charge in [-0.25, -0.2) is 8.42 Å². The Hall–Kier alpha value is -2.26. The molecule has 23 heavy (non-hydrogen) atoms. The van der Waals surface area contributed by atoms with Crippen LogP contribution in [0, 0.1) is 10.1 Å². The van der Waals surface area contributed by atoms with E-state index in [0.29, 0.717) is 0 Å². The number of hydrogen-bond acceptors (Lipinski definition) is 5. The van der Waals surface area contributed by atoms with Crippen LogP contribution in [0.1, 0.15) is 18.4 Å². The Labute approximate surface area is 134 Å². The number of nitrogens with zero attached hydrogens (tertiary/aromatic N) is 4. The third-order valence-electron chi connectivity index (χ3n) is 3.59. The zero-order valence-electron chi connectivity index (χ0n) is 13.1. The Balaban J connectivity index is 2.30. The van der Waals surface area contributed by atoms with Crippen LogP contribution in [0.3, 0.4) is 0 Å². The lowest BCUT2D eigenvalue weighted by atomic mass is 10.0. The molecule has 0 aliphatic carbocycles. The minimum absolute atomic E-state index is 0.0525. The van der Waals surface area contributed by atoms with Crippen molar-refractivity contribution < 1.29 is 13.3 Å². The Morgan fingerprint density at radius 1 is 1.35 bits per heavy atom. The minimum atomic E-state index is -4.01. The lowest BCUT2D eigenvalue weighted by Crippen LogP contribution is -2.32. The van der Waals surface area contributed by atoms with Gasteiger partial charge in [-0.05, 0) is 21.4 Å². The number of nitro groups is 1. The van der Waals surface area contributed by atoms with Gasteiger partial charge in [0.05, 0.1) is 0 Å². The summed E-state index contributed by atoms with van der Waals surface area (Å²) in [4.78, 5) is 13.8. The summed E-state index contributed by atoms with van der Waals surface area (Å²) in [6, 6.07) is 9.48. The van der Waals surface area contributed by atoms with Crippen LogP contribution in [0.25, 0.3) is 0 Å². The summed E-state index contributed by atoms with van der Waals surface area (Å²) in [5.41, 5.74) is 0.994. The summed E-state index contributed by atoms with van der Waals surface area (Å²) in [7, 11) is -1.19. The van der Waals surface area contributed by atoms with Crippen molar-refractivity contribution in [3.63, 3.8) is 0 Å². The zero-order chi connectivity index (χ0) is 17.2. The molecule has 0 radical (unpaired) electrons. The highest BCUT2D eigenvalue weighted by atomic mass is 32.2. The quantitative estimate of drug-likeness (QED) is 0.590. The number of imidazole rings is 1. The van der Waals surface area contributed by atoms with Gasteiger partial charge in [0.25, 0.3) is 15.0 Å². The summed E-state index contributed by atoms with van der Waals surface area (Å²) in [5.74, 6) is -0.713. The van der Waals surface area contributed by atoms with Gasteiger partial charge in [-0.1, -0.05) is 37.3 Å². The van der Waals surface area contributed by atoms with E-state index < -0.39 is 25.8 Å². The SMILES string of the molecule is CC(CN(C)S(=O)(=O)c1c([N+](=O)[O-])ncn1C)c1ccccc1. The molecule has 8 nitrogen and oxygen atoms in total. The fourth-order valence-electron chi connectivity index (χ4n) is 2.35. The van der Waals surface area contributed by atoms with Crippen LogP contribution in [0.4, 0.5) is 5.82 Å². The maximum Gasteiger partial charge on any atom is 0.402 e. The molecule has 124 valence electrons. The molecule has 2 aromatic rings. The Morgan fingerprint density at radius 3 is 2.52 bits per heavy atom. The Bertz CT molecular complexity index is 801. The van der Waals surface area contributed by atoms with Gasteiger partial charge in [-0.15, -0.1) is 0 Å². The maximum absolute atomic E-state index is 12.7. The third-order valence-corrected chi connectivity index (χ3v) is 5.52. The van der Waals surface area contributed by atoms with Gasteiger partial charge in [-0.2, -0.15) is 4.31 Å². The summed E-state index contributed by atoms with van der Waals surface area (Å²) < 4.78 is 27.6. The minimum Gasteiger partial charge on any atom is -0.358 e. The molecule has 0 saturated carbocycles. The number of rotatable bonds is 6. The van der Waals surface area contributed by atoms with E-state index >= 15 is 0 Å². The summed E-state index contributed by atoms with van der Waals surface area (Å²) in [6.45, 7) is 2.10. The number of aromatic nitrogens is 2. The zero-order valence-corrected chi connectivity index (χ0v) is 13.9. The predicted molar refractivity (Wildman–Crippen MR) is 84.5 cm³/mol. The second-order valence-electron chi connectivity index (χ2n) is 5.34. The molecule has 0 fully saturated rings. The maximum atomic E-state index is 12.7. The van der Waals surface area contributed by atoms with E-state index in [1.54, 1.807) is 0 Å². The molecular weight excluding hydrogens is 320 g/mol. The number of hydrogen-bond donors (Lipinski definition) is 0. The predicted octanol–water partition coefficient (Wildman–Crippen LogP) is 1.75. The molecule has 2 rings (SSSR count). The monoisotopic (exact) mass is 338 g/mol. The number of benzene rings is 1. The van der Waals surface area contributed by atoms with Gasteiger partial charge < -0.3 is 10.1 Å². The van der Waals surface area contributed by atoms with E-state index in [9.17, 15) is 18.5 Å². The largest absolute Gasteiger partial charge is 0.402 e. The number of likely N-dealkylation sites (N-methyl/N-ethyl adjacent to an activating group) is 1. The van der Waals surface area contributed by atoms with Crippen molar-refractivity contribution in [1.82, 2.24) is 13.9 Å². The van der Waals surface area contributed by atoms with Crippen LogP contribution in [0.5, 0.6) is 0 Å². The third kappa shape index (κ3) is 3.40. The van der Waals surface area contributed by atoms with Crippen LogP contribution in [-0.4, -0.2) is 40.8 Å². The smallest absolute Gasteiger partial charge is 0.358 e. The van der Waals surface area contributed by atoms with E-state index in [4.69, 9.17) is 0 Å². The first-order valence-corrected chi connectivity index (χ1v) is 8.36. The Morgan fingerprint density at radius 2 is 1.96 bits per heavy atom. The molecule has 9 heteroatoms. The van der Waals surface area contributed by atoms with Gasteiger partial charge >= 0.3 is 5.82 Å². The van der Waals surface area contributed by atoms with E-state index in [1.165, 1.54) is 14.1 Å². The normalized spacial score (nSPS) is 13.2. The van der Waals surface area contributed by atoms with Gasteiger partial charge in [-0.3, -0.25) is 4.57 Å². The van der Waals surface area contributed by atoms with Crippen molar-refractivity contribution in [3.8, 4) is 0 Å². The van der Waals surface area contributed by atoms with Crippen LogP contribution >= 0.6 is 0 Å². The molecule has 1 unspecified atom stereocenters. The van der Waals surface area contributed by atoms with Crippen molar-refractivity contribution in [3.05, 3.63) is 52.3 Å². The molecule has 0 amide bonds. The summed E-state index contributed by atoms with van der Waals surface area (Å²) in [5, 5.41) is 10.6. The molecule has 0 bridgehead atoms. The highest BCUT2D eigenvalue weighted by Gasteiger charge is 2.35. The number of aryl methyl sites for hydroxylation is 1. The van der Waals surface area contributed by atoms with Crippen molar-refractivity contribution in [1.29, 1.82) is 0 Å². The van der Waals surface area contributed by atoms with Gasteiger partial charge in [0.1, 0.15) is 0 Å². The van der Waals surface area contributed by atoms with Gasteiger partial charge in [0.15, 0.2) is 0 Å². The lowest BCUT2D eigenvalue weighted by molar-refractivity contribution is -0.392. The Kier molecular flexibility index (Phi) is 4.81. The van der Waals surface area contributed by atoms with E-state index in [-0.39, 0.29) is 12.5 Å². The van der Waals surface area contributed by atoms with Crippen molar-refractivity contribution >= 4 is 15.8 Å². The van der Waals surface area contributed by atoms with Gasteiger partial charge in [0, 0.05) is 20.6 Å². The molecule has 1 atom stereocenters. The average molecular weight is 338 g/mol. The molecule has 1 heterocycles.